The summed E-state index contributed by atoms with van der Waals surface area (Å²) >= 11 is 0. The highest BCUT2D eigenvalue weighted by Gasteiger charge is 2.31. The van der Waals surface area contributed by atoms with E-state index in [1.807, 2.05) is 41.3 Å². The van der Waals surface area contributed by atoms with Crippen LogP contribution in [0, 0.1) is 0 Å². The van der Waals surface area contributed by atoms with Crippen LogP contribution in [0.2, 0.25) is 0 Å². The van der Waals surface area contributed by atoms with Gasteiger partial charge in [0.25, 0.3) is 0 Å². The number of urea groups is 1. The van der Waals surface area contributed by atoms with E-state index in [-0.39, 0.29) is 12.1 Å². The molecule has 0 spiro atoms. The zero-order valence-corrected chi connectivity index (χ0v) is 12.2. The number of para-hydroxylation sites is 1. The number of anilines is 1. The molecule has 0 unspecified atom stereocenters. The molecule has 0 bridgehead atoms. The quantitative estimate of drug-likeness (QED) is 0.917. The maximum absolute atomic E-state index is 12.6. The average Bonchev–Trinajstić information content (AvgIpc) is 3.18. The van der Waals surface area contributed by atoms with Crippen molar-refractivity contribution in [1.29, 1.82) is 0 Å². The van der Waals surface area contributed by atoms with Crippen LogP contribution in [0.3, 0.4) is 0 Å². The third-order valence-corrected chi connectivity index (χ3v) is 4.03. The molecular weight excluding hydrogens is 264 g/mol. The Labute approximate surface area is 124 Å². The Hall–Kier alpha value is -2.23. The molecule has 21 heavy (non-hydrogen) atoms. The maximum atomic E-state index is 12.6. The van der Waals surface area contributed by atoms with Gasteiger partial charge < -0.3 is 14.6 Å². The Morgan fingerprint density at radius 3 is 2.95 bits per heavy atom. The minimum atomic E-state index is -0.0465. The number of rotatable bonds is 3. The molecule has 0 aliphatic carbocycles. The van der Waals surface area contributed by atoms with Crippen LogP contribution in [0.1, 0.15) is 37.1 Å². The number of furan rings is 1. The lowest BCUT2D eigenvalue weighted by atomic mass is 10.1. The minimum Gasteiger partial charge on any atom is -0.467 e. The smallest absolute Gasteiger partial charge is 0.322 e. The van der Waals surface area contributed by atoms with Crippen molar-refractivity contribution in [1.82, 2.24) is 4.90 Å². The zero-order valence-electron chi connectivity index (χ0n) is 12.2. The number of benzene rings is 1. The van der Waals surface area contributed by atoms with Gasteiger partial charge in [0.1, 0.15) is 5.76 Å². The van der Waals surface area contributed by atoms with Crippen molar-refractivity contribution < 1.29 is 9.21 Å². The van der Waals surface area contributed by atoms with Crippen LogP contribution in [0.5, 0.6) is 0 Å². The Morgan fingerprint density at radius 2 is 2.19 bits per heavy atom. The molecular formula is C17H20N2O2. The van der Waals surface area contributed by atoms with Crippen LogP contribution in [0.4, 0.5) is 10.5 Å². The van der Waals surface area contributed by atoms with Gasteiger partial charge in [0.05, 0.1) is 12.3 Å². The van der Waals surface area contributed by atoms with E-state index in [2.05, 4.69) is 12.2 Å². The van der Waals surface area contributed by atoms with Gasteiger partial charge in [0.15, 0.2) is 0 Å². The molecule has 1 atom stereocenters. The van der Waals surface area contributed by atoms with E-state index in [9.17, 15) is 4.79 Å². The molecule has 0 radical (unpaired) electrons. The van der Waals surface area contributed by atoms with Gasteiger partial charge in [-0.15, -0.1) is 0 Å². The first-order valence-electron chi connectivity index (χ1n) is 7.48. The normalized spacial score (nSPS) is 18.0. The fourth-order valence-electron chi connectivity index (χ4n) is 2.92. The molecule has 2 aromatic rings. The molecule has 1 aliphatic rings. The average molecular weight is 284 g/mol. The summed E-state index contributed by atoms with van der Waals surface area (Å²) in [4.78, 5) is 14.4. The van der Waals surface area contributed by atoms with Crippen molar-refractivity contribution in [2.75, 3.05) is 11.9 Å². The van der Waals surface area contributed by atoms with Gasteiger partial charge >= 0.3 is 6.03 Å². The van der Waals surface area contributed by atoms with Gasteiger partial charge in [-0.1, -0.05) is 25.1 Å². The van der Waals surface area contributed by atoms with Crippen molar-refractivity contribution in [2.24, 2.45) is 0 Å². The maximum Gasteiger partial charge on any atom is 0.322 e. The molecule has 1 aliphatic heterocycles. The van der Waals surface area contributed by atoms with Crippen molar-refractivity contribution in [3.8, 4) is 0 Å². The molecule has 110 valence electrons. The highest BCUT2D eigenvalue weighted by Crippen LogP contribution is 2.32. The summed E-state index contributed by atoms with van der Waals surface area (Å²) < 4.78 is 5.47. The number of amides is 2. The standard InChI is InChI=1S/C17H20N2O2/c1-2-13-7-3-4-8-14(13)18-17(20)19-11-5-9-15(19)16-10-6-12-21-16/h3-4,6-8,10,12,15H,2,5,9,11H2,1H3,(H,18,20)/t15-/m0/s1. The molecule has 2 heterocycles. The van der Waals surface area contributed by atoms with Crippen LogP contribution in [0.15, 0.2) is 47.1 Å². The molecule has 3 rings (SSSR count). The number of aryl methyl sites for hydroxylation is 1. The lowest BCUT2D eigenvalue weighted by Gasteiger charge is -2.24. The number of carbonyl (C=O) groups excluding carboxylic acids is 1. The third-order valence-electron chi connectivity index (χ3n) is 4.03. The van der Waals surface area contributed by atoms with Crippen molar-refractivity contribution in [3.63, 3.8) is 0 Å². The summed E-state index contributed by atoms with van der Waals surface area (Å²) in [7, 11) is 0. The second-order valence-electron chi connectivity index (χ2n) is 5.31. The Kier molecular flexibility index (Phi) is 3.95. The van der Waals surface area contributed by atoms with Crippen LogP contribution < -0.4 is 5.32 Å². The zero-order chi connectivity index (χ0) is 14.7. The summed E-state index contributed by atoms with van der Waals surface area (Å²) in [6.07, 6.45) is 4.53. The van der Waals surface area contributed by atoms with Crippen LogP contribution in [-0.4, -0.2) is 17.5 Å². The van der Waals surface area contributed by atoms with Crippen LogP contribution >= 0.6 is 0 Å². The SMILES string of the molecule is CCc1ccccc1NC(=O)N1CCC[C@H]1c1ccco1. The van der Waals surface area contributed by atoms with Gasteiger partial charge in [0.2, 0.25) is 0 Å². The first-order valence-corrected chi connectivity index (χ1v) is 7.48. The van der Waals surface area contributed by atoms with Crippen molar-refractivity contribution >= 4 is 11.7 Å². The molecule has 4 heteroatoms. The molecule has 4 nitrogen and oxygen atoms in total. The van der Waals surface area contributed by atoms with Gasteiger partial charge in [-0.05, 0) is 43.0 Å². The summed E-state index contributed by atoms with van der Waals surface area (Å²) in [5.74, 6) is 0.867. The van der Waals surface area contributed by atoms with E-state index in [0.29, 0.717) is 0 Å². The van der Waals surface area contributed by atoms with Gasteiger partial charge in [0, 0.05) is 12.2 Å². The van der Waals surface area contributed by atoms with E-state index < -0.39 is 0 Å². The number of nitrogens with zero attached hydrogens (tertiary/aromatic N) is 1. The molecule has 1 N–H and O–H groups in total. The Bertz CT molecular complexity index is 607. The molecule has 1 aromatic carbocycles. The lowest BCUT2D eigenvalue weighted by Crippen LogP contribution is -2.34. The van der Waals surface area contributed by atoms with Crippen molar-refractivity contribution in [2.45, 2.75) is 32.2 Å². The minimum absolute atomic E-state index is 0.0465. The number of nitrogens with one attached hydrogen (secondary N) is 1. The first kappa shape index (κ1) is 13.7. The van der Waals surface area contributed by atoms with Crippen molar-refractivity contribution in [3.05, 3.63) is 54.0 Å². The first-order chi connectivity index (χ1) is 10.3. The fraction of sp³-hybridized carbons (Fsp3) is 0.353. The lowest BCUT2D eigenvalue weighted by molar-refractivity contribution is 0.200. The number of carbonyl (C=O) groups is 1. The summed E-state index contributed by atoms with van der Waals surface area (Å²) in [6.45, 7) is 2.86. The Morgan fingerprint density at radius 1 is 1.33 bits per heavy atom. The number of hydrogen-bond acceptors (Lipinski definition) is 2. The fourth-order valence-corrected chi connectivity index (χ4v) is 2.92. The van der Waals surface area contributed by atoms with E-state index in [1.165, 1.54) is 0 Å². The molecule has 1 fully saturated rings. The highest BCUT2D eigenvalue weighted by molar-refractivity contribution is 5.90. The molecule has 2 amide bonds. The predicted molar refractivity (Wildman–Crippen MR) is 82.2 cm³/mol. The highest BCUT2D eigenvalue weighted by atomic mass is 16.3. The topological polar surface area (TPSA) is 45.5 Å². The summed E-state index contributed by atoms with van der Waals surface area (Å²) in [6, 6.07) is 11.8. The van der Waals surface area contributed by atoms with Gasteiger partial charge in [-0.2, -0.15) is 0 Å². The monoisotopic (exact) mass is 284 g/mol. The Balaban J connectivity index is 1.75. The third kappa shape index (κ3) is 2.79. The van der Waals surface area contributed by atoms with Gasteiger partial charge in [-0.3, -0.25) is 0 Å². The van der Waals surface area contributed by atoms with E-state index in [1.54, 1.807) is 6.26 Å². The predicted octanol–water partition coefficient (Wildman–Crippen LogP) is 4.21. The number of likely N-dealkylation sites (tertiary alicyclic amines) is 1. The van der Waals surface area contributed by atoms with Crippen LogP contribution in [-0.2, 0) is 6.42 Å². The number of hydrogen-bond donors (Lipinski definition) is 1. The summed E-state index contributed by atoms with van der Waals surface area (Å²) in [5.41, 5.74) is 2.05. The second-order valence-corrected chi connectivity index (χ2v) is 5.31. The van der Waals surface area contributed by atoms with Gasteiger partial charge in [-0.25, -0.2) is 4.79 Å². The molecule has 1 aromatic heterocycles. The largest absolute Gasteiger partial charge is 0.467 e. The van der Waals surface area contributed by atoms with E-state index in [0.717, 1.165) is 42.8 Å². The van der Waals surface area contributed by atoms with E-state index in [4.69, 9.17) is 4.42 Å². The second kappa shape index (κ2) is 6.04. The van der Waals surface area contributed by atoms with E-state index >= 15 is 0 Å². The molecule has 1 saturated heterocycles. The summed E-state index contributed by atoms with van der Waals surface area (Å²) in [5, 5.41) is 3.04. The molecule has 0 saturated carbocycles. The van der Waals surface area contributed by atoms with Crippen LogP contribution in [0.25, 0.3) is 0 Å².